The number of halogens is 1. The van der Waals surface area contributed by atoms with Gasteiger partial charge in [0.05, 0.1) is 6.61 Å². The van der Waals surface area contributed by atoms with E-state index in [0.717, 1.165) is 4.47 Å². The lowest BCUT2D eigenvalue weighted by molar-refractivity contribution is 0.185. The zero-order chi connectivity index (χ0) is 14.1. The average Bonchev–Trinajstić information content (AvgIpc) is 2.39. The predicted octanol–water partition coefficient (Wildman–Crippen LogP) is 5.37. The first-order chi connectivity index (χ1) is 9.19. The fourth-order valence-corrected chi connectivity index (χ4v) is 2.68. The van der Waals surface area contributed by atoms with Gasteiger partial charge >= 0.3 is 0 Å². The second-order valence-corrected chi connectivity index (χ2v) is 5.95. The number of hydrogen-bond donors (Lipinski definition) is 1. The number of unbranched alkanes of at least 4 members (excludes halogenated alkanes) is 3. The molecule has 3 heteroatoms. The lowest BCUT2D eigenvalue weighted by Gasteiger charge is -2.19. The van der Waals surface area contributed by atoms with Crippen molar-refractivity contribution >= 4 is 21.6 Å². The number of anilines is 1. The number of ether oxygens (including phenoxy) is 1. The van der Waals surface area contributed by atoms with E-state index in [9.17, 15) is 0 Å². The molecule has 1 atom stereocenters. The van der Waals surface area contributed by atoms with Gasteiger partial charge in [-0.05, 0) is 25.5 Å². The Hall–Kier alpha value is -0.540. The van der Waals surface area contributed by atoms with Crippen LogP contribution < -0.4 is 5.32 Å². The first-order valence-corrected chi connectivity index (χ1v) is 8.01. The van der Waals surface area contributed by atoms with Crippen LogP contribution >= 0.6 is 15.9 Å². The Morgan fingerprint density at radius 3 is 2.74 bits per heavy atom. The van der Waals surface area contributed by atoms with Crippen LogP contribution in [0.15, 0.2) is 22.7 Å². The Kier molecular flexibility index (Phi) is 8.15. The molecule has 0 spiro atoms. The molecule has 0 saturated carbocycles. The zero-order valence-corrected chi connectivity index (χ0v) is 13.9. The van der Waals surface area contributed by atoms with Crippen molar-refractivity contribution < 1.29 is 4.74 Å². The Bertz CT molecular complexity index is 368. The smallest absolute Gasteiger partial charge is 0.0744 e. The van der Waals surface area contributed by atoms with E-state index in [0.29, 0.717) is 12.6 Å². The topological polar surface area (TPSA) is 21.3 Å². The van der Waals surface area contributed by atoms with Crippen LogP contribution in [0.2, 0.25) is 0 Å². The maximum absolute atomic E-state index is 5.27. The van der Waals surface area contributed by atoms with Gasteiger partial charge < -0.3 is 10.1 Å². The molecule has 0 aliphatic carbocycles. The Labute approximate surface area is 126 Å². The lowest BCUT2D eigenvalue weighted by atomic mass is 10.1. The highest BCUT2D eigenvalue weighted by Gasteiger charge is 2.09. The molecular formula is C16H26BrNO. The van der Waals surface area contributed by atoms with Gasteiger partial charge in [-0.3, -0.25) is 0 Å². The first kappa shape index (κ1) is 16.5. The monoisotopic (exact) mass is 327 g/mol. The first-order valence-electron chi connectivity index (χ1n) is 7.21. The molecule has 19 heavy (non-hydrogen) atoms. The summed E-state index contributed by atoms with van der Waals surface area (Å²) in [6.07, 6.45) is 6.50. The van der Waals surface area contributed by atoms with Crippen LogP contribution in [0, 0.1) is 0 Å². The highest BCUT2D eigenvalue weighted by Crippen LogP contribution is 2.26. The maximum atomic E-state index is 5.27. The van der Waals surface area contributed by atoms with Gasteiger partial charge in [0.15, 0.2) is 0 Å². The third kappa shape index (κ3) is 5.96. The molecular weight excluding hydrogens is 302 g/mol. The number of methoxy groups -OCH3 is 1. The van der Waals surface area contributed by atoms with Gasteiger partial charge in [-0.25, -0.2) is 0 Å². The highest BCUT2D eigenvalue weighted by atomic mass is 79.9. The van der Waals surface area contributed by atoms with Crippen LogP contribution in [0.3, 0.4) is 0 Å². The molecule has 1 rings (SSSR count). The third-order valence-corrected chi connectivity index (χ3v) is 4.04. The summed E-state index contributed by atoms with van der Waals surface area (Å²) >= 11 is 3.59. The van der Waals surface area contributed by atoms with E-state index in [1.165, 1.54) is 43.4 Å². The normalized spacial score (nSPS) is 12.4. The Morgan fingerprint density at radius 2 is 2.05 bits per heavy atom. The SMILES string of the molecule is CCCCCCC(C)Nc1cccc(Br)c1COC. The van der Waals surface area contributed by atoms with E-state index in [1.807, 2.05) is 0 Å². The zero-order valence-electron chi connectivity index (χ0n) is 12.3. The molecule has 0 aromatic heterocycles. The molecule has 1 aromatic carbocycles. The van der Waals surface area contributed by atoms with Gasteiger partial charge in [0, 0.05) is 28.9 Å². The van der Waals surface area contributed by atoms with Crippen LogP contribution in [-0.4, -0.2) is 13.2 Å². The van der Waals surface area contributed by atoms with E-state index in [1.54, 1.807) is 7.11 Å². The molecule has 1 unspecified atom stereocenters. The third-order valence-electron chi connectivity index (χ3n) is 3.30. The summed E-state index contributed by atoms with van der Waals surface area (Å²) in [6, 6.07) is 6.75. The van der Waals surface area contributed by atoms with Gasteiger partial charge in [0.2, 0.25) is 0 Å². The van der Waals surface area contributed by atoms with Crippen molar-refractivity contribution in [1.29, 1.82) is 0 Å². The summed E-state index contributed by atoms with van der Waals surface area (Å²) in [6.45, 7) is 5.13. The van der Waals surface area contributed by atoms with Crippen molar-refractivity contribution in [2.24, 2.45) is 0 Å². The van der Waals surface area contributed by atoms with Crippen molar-refractivity contribution in [1.82, 2.24) is 0 Å². The molecule has 1 N–H and O–H groups in total. The highest BCUT2D eigenvalue weighted by molar-refractivity contribution is 9.10. The van der Waals surface area contributed by atoms with Crippen molar-refractivity contribution in [3.8, 4) is 0 Å². The van der Waals surface area contributed by atoms with Crippen LogP contribution in [0.1, 0.15) is 51.5 Å². The van der Waals surface area contributed by atoms with Crippen LogP contribution in [0.5, 0.6) is 0 Å². The lowest BCUT2D eigenvalue weighted by Crippen LogP contribution is -2.16. The summed E-state index contributed by atoms with van der Waals surface area (Å²) in [7, 11) is 1.73. The summed E-state index contributed by atoms with van der Waals surface area (Å²) in [5.41, 5.74) is 2.38. The molecule has 0 heterocycles. The molecule has 0 aliphatic rings. The molecule has 0 bridgehead atoms. The number of rotatable bonds is 9. The summed E-state index contributed by atoms with van der Waals surface area (Å²) in [5, 5.41) is 3.60. The van der Waals surface area contributed by atoms with E-state index < -0.39 is 0 Å². The van der Waals surface area contributed by atoms with Crippen LogP contribution in [0.4, 0.5) is 5.69 Å². The van der Waals surface area contributed by atoms with Gasteiger partial charge in [0.1, 0.15) is 0 Å². The van der Waals surface area contributed by atoms with Crippen molar-refractivity contribution in [2.75, 3.05) is 12.4 Å². The second kappa shape index (κ2) is 9.38. The Morgan fingerprint density at radius 1 is 1.26 bits per heavy atom. The second-order valence-electron chi connectivity index (χ2n) is 5.09. The van der Waals surface area contributed by atoms with Crippen LogP contribution in [0.25, 0.3) is 0 Å². The van der Waals surface area contributed by atoms with E-state index in [2.05, 4.69) is 53.3 Å². The van der Waals surface area contributed by atoms with Crippen molar-refractivity contribution in [2.45, 2.75) is 58.6 Å². The van der Waals surface area contributed by atoms with Crippen molar-refractivity contribution in [3.05, 3.63) is 28.2 Å². The number of hydrogen-bond acceptors (Lipinski definition) is 2. The standard InChI is InChI=1S/C16H26BrNO/c1-4-5-6-7-9-13(2)18-16-11-8-10-15(17)14(16)12-19-3/h8,10-11,13,18H,4-7,9,12H2,1-3H3. The summed E-state index contributed by atoms with van der Waals surface area (Å²) in [4.78, 5) is 0. The molecule has 1 aromatic rings. The quantitative estimate of drug-likeness (QED) is 0.616. The Balaban J connectivity index is 2.53. The maximum Gasteiger partial charge on any atom is 0.0744 e. The fourth-order valence-electron chi connectivity index (χ4n) is 2.20. The van der Waals surface area contributed by atoms with Crippen molar-refractivity contribution in [3.63, 3.8) is 0 Å². The minimum absolute atomic E-state index is 0.502. The van der Waals surface area contributed by atoms with E-state index >= 15 is 0 Å². The molecule has 108 valence electrons. The minimum atomic E-state index is 0.502. The van der Waals surface area contributed by atoms with Crippen LogP contribution in [-0.2, 0) is 11.3 Å². The van der Waals surface area contributed by atoms with Gasteiger partial charge in [-0.15, -0.1) is 0 Å². The molecule has 0 aliphatic heterocycles. The number of nitrogens with one attached hydrogen (secondary N) is 1. The van der Waals surface area contributed by atoms with Gasteiger partial charge in [-0.2, -0.15) is 0 Å². The molecule has 0 radical (unpaired) electrons. The molecule has 2 nitrogen and oxygen atoms in total. The predicted molar refractivity (Wildman–Crippen MR) is 86.7 cm³/mol. The summed E-state index contributed by atoms with van der Waals surface area (Å²) < 4.78 is 6.38. The fraction of sp³-hybridized carbons (Fsp3) is 0.625. The van der Waals surface area contributed by atoms with E-state index in [-0.39, 0.29) is 0 Å². The van der Waals surface area contributed by atoms with Gasteiger partial charge in [-0.1, -0.05) is 54.6 Å². The van der Waals surface area contributed by atoms with E-state index in [4.69, 9.17) is 4.74 Å². The number of benzene rings is 1. The molecule has 0 fully saturated rings. The average molecular weight is 328 g/mol. The molecule has 0 amide bonds. The largest absolute Gasteiger partial charge is 0.382 e. The minimum Gasteiger partial charge on any atom is -0.382 e. The summed E-state index contributed by atoms with van der Waals surface area (Å²) in [5.74, 6) is 0. The molecule has 0 saturated heterocycles. The van der Waals surface area contributed by atoms with Gasteiger partial charge in [0.25, 0.3) is 0 Å².